The van der Waals surface area contributed by atoms with E-state index in [-0.39, 0.29) is 5.56 Å². The average Bonchev–Trinajstić information content (AvgIpc) is 3.40. The Morgan fingerprint density at radius 1 is 0.611 bits per heavy atom. The summed E-state index contributed by atoms with van der Waals surface area (Å²) in [5.41, 5.74) is 3.43. The van der Waals surface area contributed by atoms with Crippen LogP contribution in [0.15, 0.2) is 84.9 Å². The molecule has 0 aliphatic rings. The summed E-state index contributed by atoms with van der Waals surface area (Å²) >= 11 is 0. The van der Waals surface area contributed by atoms with Crippen molar-refractivity contribution in [2.75, 3.05) is 0 Å². The summed E-state index contributed by atoms with van der Waals surface area (Å²) in [5.74, 6) is 0. The maximum absolute atomic E-state index is 14.2. The molecule has 5 nitrogen and oxygen atoms in total. The lowest BCUT2D eigenvalue weighted by molar-refractivity contribution is -0.137. The van der Waals surface area contributed by atoms with Crippen LogP contribution in [0.2, 0.25) is 0 Å². The fourth-order valence-corrected chi connectivity index (χ4v) is 4.76. The van der Waals surface area contributed by atoms with Crippen LogP contribution in [0.5, 0.6) is 0 Å². The van der Waals surface area contributed by atoms with Crippen LogP contribution in [-0.2, 0) is 6.18 Å². The van der Waals surface area contributed by atoms with Gasteiger partial charge >= 0.3 is 6.18 Å². The Morgan fingerprint density at radius 3 is 1.53 bits per heavy atom. The van der Waals surface area contributed by atoms with Crippen molar-refractivity contribution in [3.63, 3.8) is 0 Å². The first-order chi connectivity index (χ1) is 17.3. The number of hydrogen-bond acceptors (Lipinski definition) is 3. The summed E-state index contributed by atoms with van der Waals surface area (Å²) in [6, 6.07) is 24.5. The predicted octanol–water partition coefficient (Wildman–Crippen LogP) is 7.06. The van der Waals surface area contributed by atoms with E-state index >= 15 is 0 Å². The van der Waals surface area contributed by atoms with Gasteiger partial charge in [0.25, 0.3) is 0 Å². The number of pyridine rings is 1. The minimum Gasteiger partial charge on any atom is -0.214 e. The van der Waals surface area contributed by atoms with E-state index in [9.17, 15) is 13.2 Å². The maximum atomic E-state index is 14.2. The molecule has 3 aromatic heterocycles. The standard InChI is InChI=1S/C28H20F3N5/c1-17-23-25(21-15-9-10-16-22(21)28(29,30)31)24-18(2)34-36(20-13-7-4-8-14-20)27(24)32-26(23)35(33-17)19-11-5-3-6-12-19/h3-16H,1-2H3. The Morgan fingerprint density at radius 2 is 1.06 bits per heavy atom. The molecule has 0 saturated carbocycles. The lowest BCUT2D eigenvalue weighted by Crippen LogP contribution is -2.07. The minimum atomic E-state index is -4.54. The molecule has 0 radical (unpaired) electrons. The van der Waals surface area contributed by atoms with E-state index in [0.717, 1.165) is 17.4 Å². The number of halogens is 3. The Balaban J connectivity index is 1.82. The number of para-hydroxylation sites is 2. The molecule has 0 aliphatic carbocycles. The normalized spacial score (nSPS) is 12.0. The van der Waals surface area contributed by atoms with E-state index in [0.29, 0.717) is 39.0 Å². The lowest BCUT2D eigenvalue weighted by atomic mass is 9.93. The van der Waals surface area contributed by atoms with Gasteiger partial charge < -0.3 is 0 Å². The third-order valence-electron chi connectivity index (χ3n) is 6.29. The third kappa shape index (κ3) is 3.37. The maximum Gasteiger partial charge on any atom is 0.417 e. The van der Waals surface area contributed by atoms with Crippen molar-refractivity contribution in [3.8, 4) is 22.5 Å². The van der Waals surface area contributed by atoms with Crippen LogP contribution >= 0.6 is 0 Å². The second-order valence-electron chi connectivity index (χ2n) is 8.59. The predicted molar refractivity (Wildman–Crippen MR) is 133 cm³/mol. The fourth-order valence-electron chi connectivity index (χ4n) is 4.76. The van der Waals surface area contributed by atoms with Gasteiger partial charge in [-0.1, -0.05) is 54.6 Å². The summed E-state index contributed by atoms with van der Waals surface area (Å²) in [5, 5.41) is 10.6. The van der Waals surface area contributed by atoms with Gasteiger partial charge in [-0.3, -0.25) is 0 Å². The van der Waals surface area contributed by atoms with E-state index in [1.54, 1.807) is 29.3 Å². The molecule has 0 atom stereocenters. The SMILES string of the molecule is Cc1nn(-c2ccccc2)c2nc3c(c(C)nn3-c3ccccc3)c(-c3ccccc3C(F)(F)F)c12. The van der Waals surface area contributed by atoms with Gasteiger partial charge in [0.05, 0.1) is 39.1 Å². The zero-order chi connectivity index (χ0) is 25.0. The molecule has 6 rings (SSSR count). The Labute approximate surface area is 204 Å². The number of fused-ring (bicyclic) bond motifs is 2. The van der Waals surface area contributed by atoms with Crippen LogP contribution in [-0.4, -0.2) is 24.5 Å². The molecule has 0 N–H and O–H groups in total. The van der Waals surface area contributed by atoms with Crippen LogP contribution in [0.25, 0.3) is 44.6 Å². The van der Waals surface area contributed by atoms with E-state index < -0.39 is 11.7 Å². The van der Waals surface area contributed by atoms with Crippen LogP contribution in [0, 0.1) is 13.8 Å². The molecular formula is C28H20F3N5. The summed E-state index contributed by atoms with van der Waals surface area (Å²) in [6.07, 6.45) is -4.54. The first-order valence-electron chi connectivity index (χ1n) is 11.4. The number of alkyl halides is 3. The fraction of sp³-hybridized carbons (Fsp3) is 0.107. The van der Waals surface area contributed by atoms with E-state index in [1.807, 2.05) is 60.7 Å². The van der Waals surface area contributed by atoms with Gasteiger partial charge in [-0.15, -0.1) is 0 Å². The molecule has 3 aromatic carbocycles. The van der Waals surface area contributed by atoms with Gasteiger partial charge in [-0.05, 0) is 49.7 Å². The highest BCUT2D eigenvalue weighted by molar-refractivity contribution is 6.11. The molecule has 0 bridgehead atoms. The highest BCUT2D eigenvalue weighted by Gasteiger charge is 2.35. The van der Waals surface area contributed by atoms with Gasteiger partial charge in [-0.2, -0.15) is 23.4 Å². The molecule has 36 heavy (non-hydrogen) atoms. The van der Waals surface area contributed by atoms with Gasteiger partial charge in [0.1, 0.15) is 0 Å². The molecule has 0 spiro atoms. The quantitative estimate of drug-likeness (QED) is 0.271. The van der Waals surface area contributed by atoms with E-state index in [4.69, 9.17) is 15.2 Å². The summed E-state index contributed by atoms with van der Waals surface area (Å²) < 4.78 is 46.0. The van der Waals surface area contributed by atoms with E-state index in [1.165, 1.54) is 12.1 Å². The Bertz CT molecular complexity index is 1630. The average molecular weight is 483 g/mol. The molecule has 0 fully saturated rings. The van der Waals surface area contributed by atoms with Crippen molar-refractivity contribution in [1.82, 2.24) is 24.5 Å². The Kier molecular flexibility index (Phi) is 4.93. The zero-order valence-electron chi connectivity index (χ0n) is 19.5. The van der Waals surface area contributed by atoms with Crippen molar-refractivity contribution in [2.45, 2.75) is 20.0 Å². The van der Waals surface area contributed by atoms with Crippen LogP contribution in [0.1, 0.15) is 17.0 Å². The molecule has 178 valence electrons. The largest absolute Gasteiger partial charge is 0.417 e. The molecule has 0 saturated heterocycles. The lowest BCUT2D eigenvalue weighted by Gasteiger charge is -2.15. The summed E-state index contributed by atoms with van der Waals surface area (Å²) in [6.45, 7) is 3.60. The van der Waals surface area contributed by atoms with Crippen molar-refractivity contribution < 1.29 is 13.2 Å². The molecule has 8 heteroatoms. The summed E-state index contributed by atoms with van der Waals surface area (Å²) in [7, 11) is 0. The Hall–Kier alpha value is -4.46. The van der Waals surface area contributed by atoms with Crippen molar-refractivity contribution in [2.24, 2.45) is 0 Å². The molecule has 0 unspecified atom stereocenters. The smallest absolute Gasteiger partial charge is 0.214 e. The zero-order valence-corrected chi connectivity index (χ0v) is 19.5. The van der Waals surface area contributed by atoms with Crippen molar-refractivity contribution in [1.29, 1.82) is 0 Å². The van der Waals surface area contributed by atoms with Gasteiger partial charge in [-0.25, -0.2) is 14.3 Å². The number of rotatable bonds is 3. The second-order valence-corrected chi connectivity index (χ2v) is 8.59. The van der Waals surface area contributed by atoms with Gasteiger partial charge in [0, 0.05) is 5.56 Å². The molecule has 6 aromatic rings. The van der Waals surface area contributed by atoms with E-state index in [2.05, 4.69) is 0 Å². The van der Waals surface area contributed by atoms with Crippen molar-refractivity contribution in [3.05, 3.63) is 102 Å². The second kappa shape index (κ2) is 8.05. The highest BCUT2D eigenvalue weighted by atomic mass is 19.4. The summed E-state index contributed by atoms with van der Waals surface area (Å²) in [4.78, 5) is 4.97. The van der Waals surface area contributed by atoms with Crippen LogP contribution in [0.4, 0.5) is 13.2 Å². The number of benzene rings is 3. The molecule has 3 heterocycles. The first kappa shape index (κ1) is 22.0. The monoisotopic (exact) mass is 483 g/mol. The number of aromatic nitrogens is 5. The highest BCUT2D eigenvalue weighted by Crippen LogP contribution is 2.44. The topological polar surface area (TPSA) is 48.5 Å². The number of nitrogens with zero attached hydrogens (tertiary/aromatic N) is 5. The number of aryl methyl sites for hydroxylation is 2. The molecule has 0 aliphatic heterocycles. The first-order valence-corrected chi connectivity index (χ1v) is 11.4. The van der Waals surface area contributed by atoms with Gasteiger partial charge in [0.15, 0.2) is 11.3 Å². The molecular weight excluding hydrogens is 463 g/mol. The van der Waals surface area contributed by atoms with Crippen LogP contribution in [0.3, 0.4) is 0 Å². The molecule has 0 amide bonds. The van der Waals surface area contributed by atoms with Crippen LogP contribution < -0.4 is 0 Å². The van der Waals surface area contributed by atoms with Gasteiger partial charge in [0.2, 0.25) is 0 Å². The van der Waals surface area contributed by atoms with Crippen molar-refractivity contribution >= 4 is 22.1 Å². The minimum absolute atomic E-state index is 0.0776. The third-order valence-corrected chi connectivity index (χ3v) is 6.29. The number of hydrogen-bond donors (Lipinski definition) is 0.